The van der Waals surface area contributed by atoms with Gasteiger partial charge in [-0.25, -0.2) is 17.9 Å². The molecule has 2 N–H and O–H groups in total. The van der Waals surface area contributed by atoms with E-state index in [1.807, 2.05) is 0 Å². The van der Waals surface area contributed by atoms with Crippen molar-refractivity contribution in [2.75, 3.05) is 13.6 Å². The van der Waals surface area contributed by atoms with Crippen molar-refractivity contribution in [2.45, 2.75) is 18.2 Å². The molecule has 8 heteroatoms. The molecule has 5 nitrogen and oxygen atoms in total. The summed E-state index contributed by atoms with van der Waals surface area (Å²) in [7, 11) is -2.58. The summed E-state index contributed by atoms with van der Waals surface area (Å²) in [5, 5.41) is 4.95. The number of carbonyl (C=O) groups is 1. The molecule has 0 radical (unpaired) electrons. The van der Waals surface area contributed by atoms with Crippen molar-refractivity contribution in [2.24, 2.45) is 17.0 Å². The molecule has 1 aromatic rings. The first-order valence-corrected chi connectivity index (χ1v) is 8.72. The summed E-state index contributed by atoms with van der Waals surface area (Å²) in [5.74, 6) is -0.293. The minimum atomic E-state index is -4.22. The number of rotatable bonds is 4. The van der Waals surface area contributed by atoms with Crippen LogP contribution in [0.25, 0.3) is 0 Å². The summed E-state index contributed by atoms with van der Waals surface area (Å²) in [6, 6.07) is 1.92. The van der Waals surface area contributed by atoms with E-state index >= 15 is 0 Å². The Morgan fingerprint density at radius 3 is 2.57 bits per heavy atom. The largest absolute Gasteiger partial charge is 0.341 e. The van der Waals surface area contributed by atoms with Crippen LogP contribution in [-0.2, 0) is 10.0 Å². The van der Waals surface area contributed by atoms with Gasteiger partial charge in [0.2, 0.25) is 10.0 Å². The smallest absolute Gasteiger partial charge is 0.254 e. The Labute approximate surface area is 131 Å². The molecule has 1 aliphatic rings. The molecule has 2 rings (SSSR count). The maximum atomic E-state index is 13.6. The van der Waals surface area contributed by atoms with Gasteiger partial charge in [-0.05, 0) is 46.3 Å². The highest BCUT2D eigenvalue weighted by atomic mass is 79.9. The standard InChI is InChI=1S/C13H16BrFN2O3S/c1-7-3-8(7)6-17(2)13(18)9-4-12(21(16,19)20)11(15)5-10(9)14/h4-5,7-8H,3,6H2,1-2H3,(H2,16,19,20). The van der Waals surface area contributed by atoms with Crippen molar-refractivity contribution in [3.8, 4) is 0 Å². The van der Waals surface area contributed by atoms with Crippen LogP contribution in [-0.4, -0.2) is 32.8 Å². The molecule has 0 saturated heterocycles. The van der Waals surface area contributed by atoms with Crippen LogP contribution in [0.3, 0.4) is 0 Å². The van der Waals surface area contributed by atoms with Gasteiger partial charge in [0.15, 0.2) is 0 Å². The Hall–Kier alpha value is -0.990. The first-order valence-electron chi connectivity index (χ1n) is 6.38. The summed E-state index contributed by atoms with van der Waals surface area (Å²) < 4.78 is 36.5. The highest BCUT2D eigenvalue weighted by Crippen LogP contribution is 2.38. The maximum Gasteiger partial charge on any atom is 0.254 e. The molecule has 0 heterocycles. The molecule has 1 aliphatic carbocycles. The van der Waals surface area contributed by atoms with Crippen LogP contribution in [0.2, 0.25) is 0 Å². The minimum absolute atomic E-state index is 0.0798. The van der Waals surface area contributed by atoms with E-state index in [1.165, 1.54) is 4.90 Å². The number of hydrogen-bond acceptors (Lipinski definition) is 3. The van der Waals surface area contributed by atoms with Crippen LogP contribution < -0.4 is 5.14 Å². The molecule has 0 bridgehead atoms. The Morgan fingerprint density at radius 2 is 2.10 bits per heavy atom. The van der Waals surface area contributed by atoms with Crippen LogP contribution in [0.5, 0.6) is 0 Å². The first-order chi connectivity index (χ1) is 9.61. The van der Waals surface area contributed by atoms with Gasteiger partial charge in [0, 0.05) is 18.1 Å². The topological polar surface area (TPSA) is 80.5 Å². The lowest BCUT2D eigenvalue weighted by molar-refractivity contribution is 0.0786. The van der Waals surface area contributed by atoms with Crippen LogP contribution in [0.1, 0.15) is 23.7 Å². The van der Waals surface area contributed by atoms with Crippen molar-refractivity contribution in [3.63, 3.8) is 0 Å². The number of sulfonamides is 1. The lowest BCUT2D eigenvalue weighted by Crippen LogP contribution is -2.29. The number of halogens is 2. The van der Waals surface area contributed by atoms with E-state index in [-0.39, 0.29) is 15.9 Å². The lowest BCUT2D eigenvalue weighted by Gasteiger charge is -2.18. The van der Waals surface area contributed by atoms with Crippen LogP contribution in [0, 0.1) is 17.7 Å². The van der Waals surface area contributed by atoms with E-state index in [0.29, 0.717) is 18.4 Å². The van der Waals surface area contributed by atoms with Gasteiger partial charge < -0.3 is 4.90 Å². The number of nitrogens with zero attached hydrogens (tertiary/aromatic N) is 1. The van der Waals surface area contributed by atoms with Crippen molar-refractivity contribution in [1.29, 1.82) is 0 Å². The zero-order valence-electron chi connectivity index (χ0n) is 11.6. The number of amides is 1. The predicted molar refractivity (Wildman–Crippen MR) is 79.7 cm³/mol. The van der Waals surface area contributed by atoms with E-state index in [1.54, 1.807) is 7.05 Å². The Morgan fingerprint density at radius 1 is 1.52 bits per heavy atom. The van der Waals surface area contributed by atoms with E-state index in [4.69, 9.17) is 5.14 Å². The lowest BCUT2D eigenvalue weighted by atomic mass is 10.2. The van der Waals surface area contributed by atoms with Gasteiger partial charge in [-0.1, -0.05) is 6.92 Å². The highest BCUT2D eigenvalue weighted by Gasteiger charge is 2.34. The molecule has 0 aliphatic heterocycles. The second kappa shape index (κ2) is 5.66. The minimum Gasteiger partial charge on any atom is -0.341 e. The number of carbonyl (C=O) groups excluding carboxylic acids is 1. The van der Waals surface area contributed by atoms with Gasteiger partial charge in [-0.2, -0.15) is 0 Å². The molecule has 1 amide bonds. The third kappa shape index (κ3) is 3.61. The van der Waals surface area contributed by atoms with Crippen LogP contribution >= 0.6 is 15.9 Å². The second-order valence-corrected chi connectivity index (χ2v) is 7.85. The maximum absolute atomic E-state index is 13.6. The third-order valence-corrected chi connectivity index (χ3v) is 5.27. The predicted octanol–water partition coefficient (Wildman–Crippen LogP) is 1.96. The first kappa shape index (κ1) is 16.4. The fourth-order valence-electron chi connectivity index (χ4n) is 2.20. The van der Waals surface area contributed by atoms with Crippen LogP contribution in [0.15, 0.2) is 21.5 Å². The van der Waals surface area contributed by atoms with Gasteiger partial charge in [0.25, 0.3) is 5.91 Å². The number of primary sulfonamides is 1. The molecular weight excluding hydrogens is 363 g/mol. The Balaban J connectivity index is 2.32. The third-order valence-electron chi connectivity index (χ3n) is 3.69. The molecular formula is C13H16BrFN2O3S. The van der Waals surface area contributed by atoms with E-state index < -0.39 is 20.7 Å². The van der Waals surface area contributed by atoms with Gasteiger partial charge in [-0.15, -0.1) is 0 Å². The fraction of sp³-hybridized carbons (Fsp3) is 0.462. The van der Waals surface area contributed by atoms with Crippen molar-refractivity contribution in [1.82, 2.24) is 4.90 Å². The zero-order chi connectivity index (χ0) is 15.9. The van der Waals surface area contributed by atoms with Gasteiger partial charge >= 0.3 is 0 Å². The van der Waals surface area contributed by atoms with Crippen molar-refractivity contribution in [3.05, 3.63) is 28.0 Å². The second-order valence-electron chi connectivity index (χ2n) is 5.47. The van der Waals surface area contributed by atoms with Gasteiger partial charge in [-0.3, -0.25) is 4.79 Å². The average molecular weight is 379 g/mol. The molecule has 1 fully saturated rings. The number of nitrogens with two attached hydrogens (primary N) is 1. The number of hydrogen-bond donors (Lipinski definition) is 1. The van der Waals surface area contributed by atoms with E-state index in [9.17, 15) is 17.6 Å². The fourth-order valence-corrected chi connectivity index (χ4v) is 3.30. The summed E-state index contributed by atoms with van der Waals surface area (Å²) in [6.07, 6.45) is 1.07. The monoisotopic (exact) mass is 378 g/mol. The van der Waals surface area contributed by atoms with E-state index in [2.05, 4.69) is 22.9 Å². The molecule has 1 saturated carbocycles. The van der Waals surface area contributed by atoms with Crippen molar-refractivity contribution >= 4 is 31.9 Å². The summed E-state index contributed by atoms with van der Waals surface area (Å²) >= 11 is 3.09. The van der Waals surface area contributed by atoms with Gasteiger partial charge in [0.05, 0.1) is 5.56 Å². The zero-order valence-corrected chi connectivity index (χ0v) is 14.0. The molecule has 21 heavy (non-hydrogen) atoms. The summed E-state index contributed by atoms with van der Waals surface area (Å²) in [5.41, 5.74) is 0.0798. The quantitative estimate of drug-likeness (QED) is 0.869. The Bertz CT molecular complexity index is 693. The van der Waals surface area contributed by atoms with Gasteiger partial charge in [0.1, 0.15) is 10.7 Å². The molecule has 116 valence electrons. The molecule has 2 atom stereocenters. The molecule has 0 aromatic heterocycles. The van der Waals surface area contributed by atoms with E-state index in [0.717, 1.165) is 18.6 Å². The van der Waals surface area contributed by atoms with Crippen LogP contribution in [0.4, 0.5) is 4.39 Å². The molecule has 2 unspecified atom stereocenters. The Kier molecular flexibility index (Phi) is 4.41. The van der Waals surface area contributed by atoms with Crippen molar-refractivity contribution < 1.29 is 17.6 Å². The number of benzene rings is 1. The normalized spacial score (nSPS) is 21.2. The molecule has 1 aromatic carbocycles. The highest BCUT2D eigenvalue weighted by molar-refractivity contribution is 9.10. The molecule has 0 spiro atoms. The SMILES string of the molecule is CC1CC1CN(C)C(=O)c1cc(S(N)(=O)=O)c(F)cc1Br. The average Bonchev–Trinajstić information content (AvgIpc) is 3.02. The summed E-state index contributed by atoms with van der Waals surface area (Å²) in [4.78, 5) is 13.2. The summed E-state index contributed by atoms with van der Waals surface area (Å²) in [6.45, 7) is 2.70.